The molecule has 5 atom stereocenters. The number of carbonyl (C=O) groups excluding carboxylic acids is 1. The zero-order valence-corrected chi connectivity index (χ0v) is 15.5. The minimum Gasteiger partial charge on any atom is -0.393 e. The Labute approximate surface area is 149 Å². The summed E-state index contributed by atoms with van der Waals surface area (Å²) < 4.78 is 0. The van der Waals surface area contributed by atoms with Gasteiger partial charge in [0, 0.05) is 25.0 Å². The van der Waals surface area contributed by atoms with Crippen LogP contribution in [0.3, 0.4) is 0 Å². The van der Waals surface area contributed by atoms with Gasteiger partial charge >= 0.3 is 0 Å². The number of amides is 1. The summed E-state index contributed by atoms with van der Waals surface area (Å²) >= 11 is 12.4. The third kappa shape index (κ3) is 4.95. The molecule has 2 rings (SSSR count). The number of hydrogen-bond donors (Lipinski definition) is 2. The number of likely N-dealkylation sites (tertiary alicyclic amines) is 1. The summed E-state index contributed by atoms with van der Waals surface area (Å²) in [5.74, 6) is 0.501. The van der Waals surface area contributed by atoms with Gasteiger partial charge in [0.1, 0.15) is 0 Å². The molecule has 1 aliphatic heterocycles. The van der Waals surface area contributed by atoms with E-state index in [2.05, 4.69) is 0 Å². The lowest BCUT2D eigenvalue weighted by molar-refractivity contribution is -0.133. The van der Waals surface area contributed by atoms with Gasteiger partial charge in [-0.2, -0.15) is 0 Å². The van der Waals surface area contributed by atoms with Gasteiger partial charge in [0.2, 0.25) is 5.91 Å². The summed E-state index contributed by atoms with van der Waals surface area (Å²) in [5.41, 5.74) is 6.45. The molecule has 0 aromatic rings. The summed E-state index contributed by atoms with van der Waals surface area (Å²) in [6, 6.07) is -0.0819. The molecule has 134 valence electrons. The molecule has 2 fully saturated rings. The highest BCUT2D eigenvalue weighted by Crippen LogP contribution is 2.36. The first kappa shape index (κ1) is 19.3. The van der Waals surface area contributed by atoms with Gasteiger partial charge in [-0.3, -0.25) is 4.79 Å². The van der Waals surface area contributed by atoms with Crippen LogP contribution in [0.25, 0.3) is 0 Å². The summed E-state index contributed by atoms with van der Waals surface area (Å²) in [7, 11) is 3.80. The Balaban J connectivity index is 1.86. The fourth-order valence-corrected chi connectivity index (χ4v) is 4.38. The van der Waals surface area contributed by atoms with Crippen molar-refractivity contribution < 1.29 is 9.90 Å². The summed E-state index contributed by atoms with van der Waals surface area (Å²) in [4.78, 5) is 15.9. The number of carbonyl (C=O) groups is 1. The van der Waals surface area contributed by atoms with E-state index in [0.29, 0.717) is 25.3 Å². The van der Waals surface area contributed by atoms with Gasteiger partial charge in [-0.15, -0.1) is 23.2 Å². The number of aliphatic hydroxyl groups is 1. The second-order valence-corrected chi connectivity index (χ2v) is 8.39. The third-order valence-electron chi connectivity index (χ3n) is 5.23. The van der Waals surface area contributed by atoms with E-state index in [4.69, 9.17) is 28.9 Å². The zero-order chi connectivity index (χ0) is 17.1. The summed E-state index contributed by atoms with van der Waals surface area (Å²) in [6.45, 7) is 1.94. The van der Waals surface area contributed by atoms with Crippen LogP contribution in [0, 0.1) is 11.8 Å². The Morgan fingerprint density at radius 1 is 1.26 bits per heavy atom. The van der Waals surface area contributed by atoms with Crippen LogP contribution in [0.15, 0.2) is 0 Å². The van der Waals surface area contributed by atoms with E-state index >= 15 is 0 Å². The second kappa shape index (κ2) is 8.34. The first-order valence-corrected chi connectivity index (χ1v) is 9.31. The van der Waals surface area contributed by atoms with Gasteiger partial charge < -0.3 is 20.6 Å². The molecule has 1 heterocycles. The van der Waals surface area contributed by atoms with Crippen LogP contribution < -0.4 is 5.73 Å². The monoisotopic (exact) mass is 365 g/mol. The number of nitrogens with two attached hydrogens (primary N) is 1. The molecular weight excluding hydrogens is 337 g/mol. The van der Waals surface area contributed by atoms with Crippen LogP contribution in [0.2, 0.25) is 0 Å². The molecule has 2 aliphatic rings. The topological polar surface area (TPSA) is 69.8 Å². The lowest BCUT2D eigenvalue weighted by Crippen LogP contribution is -2.52. The van der Waals surface area contributed by atoms with Crippen molar-refractivity contribution in [1.82, 2.24) is 9.80 Å². The standard InChI is InChI=1S/C16H29Cl2N3O2/c1-20(2)9-15(23)21-5-3-10(4-6-21)16(19)11-7-12(17)13(18)8-14(11)22/h10-14,16,22H,3-9,19H2,1-2H3/t11?,12?,13?,14?,16-/m1/s1. The van der Waals surface area contributed by atoms with Crippen molar-refractivity contribution in [3.63, 3.8) is 0 Å². The predicted octanol–water partition coefficient (Wildman–Crippen LogP) is 1.10. The maximum absolute atomic E-state index is 12.1. The molecule has 4 unspecified atom stereocenters. The Morgan fingerprint density at radius 3 is 2.39 bits per heavy atom. The minimum absolute atomic E-state index is 0.00141. The predicted molar refractivity (Wildman–Crippen MR) is 93.8 cm³/mol. The third-order valence-corrected chi connectivity index (χ3v) is 6.33. The Kier molecular flexibility index (Phi) is 6.99. The molecule has 0 spiro atoms. The SMILES string of the molecule is CN(C)CC(=O)N1CCC([C@@H](N)C2CC(Cl)C(Cl)CC2O)CC1. The average molecular weight is 366 g/mol. The van der Waals surface area contributed by atoms with Crippen molar-refractivity contribution in [2.75, 3.05) is 33.7 Å². The largest absolute Gasteiger partial charge is 0.393 e. The molecule has 3 N–H and O–H groups in total. The van der Waals surface area contributed by atoms with Gasteiger partial charge in [0.05, 0.1) is 23.4 Å². The molecule has 0 aromatic carbocycles. The number of aliphatic hydroxyl groups excluding tert-OH is 1. The number of likely N-dealkylation sites (N-methyl/N-ethyl adjacent to an activating group) is 1. The molecule has 0 aromatic heterocycles. The number of hydrogen-bond acceptors (Lipinski definition) is 4. The minimum atomic E-state index is -0.476. The van der Waals surface area contributed by atoms with Crippen LogP contribution in [-0.4, -0.2) is 77.4 Å². The van der Waals surface area contributed by atoms with Crippen LogP contribution >= 0.6 is 23.2 Å². The molecule has 0 radical (unpaired) electrons. The lowest BCUT2D eigenvalue weighted by atomic mass is 9.74. The first-order valence-electron chi connectivity index (χ1n) is 8.44. The maximum Gasteiger partial charge on any atom is 0.236 e. The molecule has 23 heavy (non-hydrogen) atoms. The first-order chi connectivity index (χ1) is 10.8. The molecule has 1 saturated heterocycles. The second-order valence-electron chi connectivity index (χ2n) is 7.27. The number of halogens is 2. The summed E-state index contributed by atoms with van der Waals surface area (Å²) in [5, 5.41) is 10.00. The van der Waals surface area contributed by atoms with Crippen molar-refractivity contribution in [2.24, 2.45) is 17.6 Å². The van der Waals surface area contributed by atoms with E-state index in [0.717, 1.165) is 25.9 Å². The van der Waals surface area contributed by atoms with E-state index in [1.165, 1.54) is 0 Å². The van der Waals surface area contributed by atoms with Crippen molar-refractivity contribution in [2.45, 2.75) is 48.6 Å². The van der Waals surface area contributed by atoms with Crippen LogP contribution in [-0.2, 0) is 4.79 Å². The number of piperidine rings is 1. The van der Waals surface area contributed by atoms with Crippen LogP contribution in [0.5, 0.6) is 0 Å². The molecule has 1 saturated carbocycles. The zero-order valence-electron chi connectivity index (χ0n) is 14.0. The number of alkyl halides is 2. The van der Waals surface area contributed by atoms with Gasteiger partial charge in [0.15, 0.2) is 0 Å². The van der Waals surface area contributed by atoms with Crippen molar-refractivity contribution in [1.29, 1.82) is 0 Å². The van der Waals surface area contributed by atoms with Crippen molar-refractivity contribution >= 4 is 29.1 Å². The van der Waals surface area contributed by atoms with E-state index < -0.39 is 6.10 Å². The molecular formula is C16H29Cl2N3O2. The van der Waals surface area contributed by atoms with Crippen LogP contribution in [0.1, 0.15) is 25.7 Å². The highest BCUT2D eigenvalue weighted by Gasteiger charge is 2.40. The average Bonchev–Trinajstić information content (AvgIpc) is 2.49. The maximum atomic E-state index is 12.1. The van der Waals surface area contributed by atoms with Gasteiger partial charge in [0.25, 0.3) is 0 Å². The van der Waals surface area contributed by atoms with Gasteiger partial charge in [-0.05, 0) is 45.7 Å². The smallest absolute Gasteiger partial charge is 0.236 e. The molecule has 7 heteroatoms. The van der Waals surface area contributed by atoms with Gasteiger partial charge in [-0.25, -0.2) is 0 Å². The van der Waals surface area contributed by atoms with E-state index in [9.17, 15) is 9.90 Å². The van der Waals surface area contributed by atoms with E-state index in [1.54, 1.807) is 0 Å². The van der Waals surface area contributed by atoms with Crippen LogP contribution in [0.4, 0.5) is 0 Å². The normalized spacial score (nSPS) is 34.7. The molecule has 0 bridgehead atoms. The number of nitrogens with zero attached hydrogens (tertiary/aromatic N) is 2. The Hall–Kier alpha value is -0.0700. The Morgan fingerprint density at radius 2 is 1.83 bits per heavy atom. The van der Waals surface area contributed by atoms with E-state index in [1.807, 2.05) is 23.9 Å². The molecule has 5 nitrogen and oxygen atoms in total. The van der Waals surface area contributed by atoms with E-state index in [-0.39, 0.29) is 28.6 Å². The quantitative estimate of drug-likeness (QED) is 0.731. The molecule has 1 aliphatic carbocycles. The van der Waals surface area contributed by atoms with Crippen molar-refractivity contribution in [3.05, 3.63) is 0 Å². The highest BCUT2D eigenvalue weighted by atomic mass is 35.5. The fourth-order valence-electron chi connectivity index (χ4n) is 3.79. The fraction of sp³-hybridized carbons (Fsp3) is 0.938. The Bertz CT molecular complexity index is 403. The lowest BCUT2D eigenvalue weighted by Gasteiger charge is -2.42. The highest BCUT2D eigenvalue weighted by molar-refractivity contribution is 6.30. The van der Waals surface area contributed by atoms with Crippen molar-refractivity contribution in [3.8, 4) is 0 Å². The number of rotatable bonds is 4. The van der Waals surface area contributed by atoms with Gasteiger partial charge in [-0.1, -0.05) is 0 Å². The summed E-state index contributed by atoms with van der Waals surface area (Å²) in [6.07, 6.45) is 2.48. The molecule has 1 amide bonds.